The molecule has 0 aromatic carbocycles. The first-order valence-electron chi connectivity index (χ1n) is 10.9. The van der Waals surface area contributed by atoms with Crippen LogP contribution in [0.15, 0.2) is 0 Å². The number of esters is 1. The van der Waals surface area contributed by atoms with E-state index in [0.717, 1.165) is 32.1 Å². The molecule has 4 atom stereocenters. The number of aliphatic carboxylic acids is 1. The molecule has 1 saturated carbocycles. The standard InChI is InChI=1S/C22H40O4/c1-4-7-8-12-17(10-5-2)15-20(11-6-3)26-22(25)19-14-9-13-18(16-19)21(23)24/h17-20H,4-16H2,1-3H3,(H,23,24). The molecule has 4 unspecified atom stereocenters. The first-order valence-corrected chi connectivity index (χ1v) is 10.9. The van der Waals surface area contributed by atoms with E-state index in [1.807, 2.05) is 0 Å². The molecule has 1 aliphatic rings. The van der Waals surface area contributed by atoms with Gasteiger partial charge in [0, 0.05) is 0 Å². The van der Waals surface area contributed by atoms with Crippen molar-refractivity contribution in [2.24, 2.45) is 17.8 Å². The first kappa shape index (κ1) is 23.0. The molecule has 0 saturated heterocycles. The van der Waals surface area contributed by atoms with Crippen LogP contribution in [0.4, 0.5) is 0 Å². The van der Waals surface area contributed by atoms with Gasteiger partial charge in [0.15, 0.2) is 0 Å². The minimum Gasteiger partial charge on any atom is -0.481 e. The van der Waals surface area contributed by atoms with Crippen molar-refractivity contribution in [2.45, 2.75) is 110 Å². The third-order valence-corrected chi connectivity index (χ3v) is 5.76. The van der Waals surface area contributed by atoms with Gasteiger partial charge in [0.05, 0.1) is 11.8 Å². The van der Waals surface area contributed by atoms with E-state index in [-0.39, 0.29) is 23.9 Å². The molecule has 1 rings (SSSR count). The van der Waals surface area contributed by atoms with Crippen molar-refractivity contribution in [3.05, 3.63) is 0 Å². The Balaban J connectivity index is 2.58. The Morgan fingerprint density at radius 3 is 2.27 bits per heavy atom. The number of unbranched alkanes of at least 4 members (excludes halogenated alkanes) is 2. The lowest BCUT2D eigenvalue weighted by Gasteiger charge is -2.28. The van der Waals surface area contributed by atoms with Gasteiger partial charge in [-0.05, 0) is 38.0 Å². The summed E-state index contributed by atoms with van der Waals surface area (Å²) in [5.74, 6) is -0.902. The van der Waals surface area contributed by atoms with Gasteiger partial charge in [0.2, 0.25) is 0 Å². The molecular weight excluding hydrogens is 328 g/mol. The van der Waals surface area contributed by atoms with Crippen LogP contribution in [0.5, 0.6) is 0 Å². The molecule has 1 aliphatic carbocycles. The third kappa shape index (κ3) is 8.55. The van der Waals surface area contributed by atoms with Gasteiger partial charge in [-0.15, -0.1) is 0 Å². The van der Waals surface area contributed by atoms with Crippen LogP contribution >= 0.6 is 0 Å². The van der Waals surface area contributed by atoms with Crippen molar-refractivity contribution < 1.29 is 19.4 Å². The van der Waals surface area contributed by atoms with Crippen molar-refractivity contribution in [1.29, 1.82) is 0 Å². The minimum absolute atomic E-state index is 0.00381. The van der Waals surface area contributed by atoms with Gasteiger partial charge in [-0.1, -0.05) is 72.1 Å². The van der Waals surface area contributed by atoms with E-state index >= 15 is 0 Å². The Hall–Kier alpha value is -1.06. The summed E-state index contributed by atoms with van der Waals surface area (Å²) < 4.78 is 5.91. The molecule has 0 aromatic rings. The highest BCUT2D eigenvalue weighted by atomic mass is 16.5. The average Bonchev–Trinajstić information content (AvgIpc) is 2.62. The third-order valence-electron chi connectivity index (χ3n) is 5.76. The summed E-state index contributed by atoms with van der Waals surface area (Å²) in [4.78, 5) is 23.9. The number of carbonyl (C=O) groups excluding carboxylic acids is 1. The molecular formula is C22H40O4. The summed E-state index contributed by atoms with van der Waals surface area (Å²) in [6.45, 7) is 6.58. The van der Waals surface area contributed by atoms with Gasteiger partial charge >= 0.3 is 11.9 Å². The van der Waals surface area contributed by atoms with E-state index in [1.54, 1.807) is 0 Å². The summed E-state index contributed by atoms with van der Waals surface area (Å²) in [6, 6.07) is 0. The Labute approximate surface area is 160 Å². The molecule has 0 bridgehead atoms. The fourth-order valence-corrected chi connectivity index (χ4v) is 4.28. The van der Waals surface area contributed by atoms with E-state index in [0.29, 0.717) is 18.8 Å². The van der Waals surface area contributed by atoms with Gasteiger partial charge in [-0.3, -0.25) is 9.59 Å². The number of carboxylic acid groups (broad SMARTS) is 1. The molecule has 26 heavy (non-hydrogen) atoms. The van der Waals surface area contributed by atoms with Crippen molar-refractivity contribution in [3.63, 3.8) is 0 Å². The van der Waals surface area contributed by atoms with Crippen molar-refractivity contribution in [3.8, 4) is 0 Å². The number of ether oxygens (including phenoxy) is 1. The maximum atomic E-state index is 12.6. The molecule has 0 aliphatic heterocycles. The predicted octanol–water partition coefficient (Wildman–Crippen LogP) is 5.98. The molecule has 0 spiro atoms. The predicted molar refractivity (Wildman–Crippen MR) is 105 cm³/mol. The van der Waals surface area contributed by atoms with E-state index in [2.05, 4.69) is 20.8 Å². The highest BCUT2D eigenvalue weighted by molar-refractivity contribution is 5.75. The number of hydrogen-bond donors (Lipinski definition) is 1. The molecule has 1 N–H and O–H groups in total. The molecule has 4 heteroatoms. The largest absolute Gasteiger partial charge is 0.481 e. The topological polar surface area (TPSA) is 63.6 Å². The zero-order chi connectivity index (χ0) is 19.4. The van der Waals surface area contributed by atoms with Gasteiger partial charge in [-0.2, -0.15) is 0 Å². The highest BCUT2D eigenvalue weighted by Gasteiger charge is 2.33. The number of carbonyl (C=O) groups is 2. The van der Waals surface area contributed by atoms with Crippen molar-refractivity contribution in [1.82, 2.24) is 0 Å². The summed E-state index contributed by atoms with van der Waals surface area (Å²) in [5, 5.41) is 9.23. The fourth-order valence-electron chi connectivity index (χ4n) is 4.28. The van der Waals surface area contributed by atoms with Gasteiger partial charge < -0.3 is 9.84 Å². The molecule has 0 heterocycles. The van der Waals surface area contributed by atoms with Gasteiger partial charge in [-0.25, -0.2) is 0 Å². The second kappa shape index (κ2) is 13.2. The Morgan fingerprint density at radius 1 is 0.962 bits per heavy atom. The Morgan fingerprint density at radius 2 is 1.65 bits per heavy atom. The van der Waals surface area contributed by atoms with Crippen LogP contribution in [0.3, 0.4) is 0 Å². The number of hydrogen-bond acceptors (Lipinski definition) is 3. The zero-order valence-electron chi connectivity index (χ0n) is 17.2. The quantitative estimate of drug-likeness (QED) is 0.321. The molecule has 152 valence electrons. The van der Waals surface area contributed by atoms with Crippen LogP contribution in [0, 0.1) is 17.8 Å². The lowest BCUT2D eigenvalue weighted by molar-refractivity contribution is -0.158. The maximum absolute atomic E-state index is 12.6. The smallest absolute Gasteiger partial charge is 0.309 e. The summed E-state index contributed by atoms with van der Waals surface area (Å²) >= 11 is 0. The number of rotatable bonds is 13. The molecule has 4 nitrogen and oxygen atoms in total. The lowest BCUT2D eigenvalue weighted by atomic mass is 9.81. The molecule has 0 aromatic heterocycles. The van der Waals surface area contributed by atoms with Crippen LogP contribution < -0.4 is 0 Å². The zero-order valence-corrected chi connectivity index (χ0v) is 17.2. The second-order valence-electron chi connectivity index (χ2n) is 8.13. The first-order chi connectivity index (χ1) is 12.5. The average molecular weight is 369 g/mol. The fraction of sp³-hybridized carbons (Fsp3) is 0.909. The second-order valence-corrected chi connectivity index (χ2v) is 8.13. The van der Waals surface area contributed by atoms with Gasteiger partial charge in [0.25, 0.3) is 0 Å². The monoisotopic (exact) mass is 368 g/mol. The van der Waals surface area contributed by atoms with E-state index in [4.69, 9.17) is 4.74 Å². The van der Waals surface area contributed by atoms with E-state index < -0.39 is 5.97 Å². The van der Waals surface area contributed by atoms with Crippen LogP contribution in [0.25, 0.3) is 0 Å². The van der Waals surface area contributed by atoms with Crippen molar-refractivity contribution >= 4 is 11.9 Å². The minimum atomic E-state index is -0.772. The number of carboxylic acids is 1. The van der Waals surface area contributed by atoms with Crippen molar-refractivity contribution in [2.75, 3.05) is 0 Å². The molecule has 0 amide bonds. The molecule has 0 radical (unpaired) electrons. The van der Waals surface area contributed by atoms with Crippen LogP contribution in [-0.2, 0) is 14.3 Å². The lowest BCUT2D eigenvalue weighted by Crippen LogP contribution is -2.31. The summed E-state index contributed by atoms with van der Waals surface area (Å²) in [7, 11) is 0. The van der Waals surface area contributed by atoms with E-state index in [9.17, 15) is 14.7 Å². The van der Waals surface area contributed by atoms with Crippen LogP contribution in [0.1, 0.15) is 104 Å². The Bertz CT molecular complexity index is 407. The normalized spacial score (nSPS) is 22.6. The molecule has 1 fully saturated rings. The highest BCUT2D eigenvalue weighted by Crippen LogP contribution is 2.31. The maximum Gasteiger partial charge on any atom is 0.309 e. The Kier molecular flexibility index (Phi) is 11.6. The summed E-state index contributed by atoms with van der Waals surface area (Å²) in [6.07, 6.45) is 13.0. The SMILES string of the molecule is CCCCCC(CCC)CC(CCC)OC(=O)C1CCCC(C(=O)O)C1. The van der Waals surface area contributed by atoms with E-state index in [1.165, 1.54) is 38.5 Å². The van der Waals surface area contributed by atoms with Gasteiger partial charge in [0.1, 0.15) is 6.10 Å². The van der Waals surface area contributed by atoms with Crippen LogP contribution in [-0.4, -0.2) is 23.1 Å². The summed E-state index contributed by atoms with van der Waals surface area (Å²) in [5.41, 5.74) is 0. The van der Waals surface area contributed by atoms with Crippen LogP contribution in [0.2, 0.25) is 0 Å².